The van der Waals surface area contributed by atoms with Crippen LogP contribution < -0.4 is 16.2 Å². The van der Waals surface area contributed by atoms with Gasteiger partial charge < -0.3 is 15.6 Å². The monoisotopic (exact) mass is 254 g/mol. The highest BCUT2D eigenvalue weighted by Gasteiger charge is 2.13. The van der Waals surface area contributed by atoms with Crippen LogP contribution in [-0.2, 0) is 0 Å². The minimum atomic E-state index is -2.46. The lowest BCUT2D eigenvalue weighted by molar-refractivity contribution is 0.156. The molecule has 0 aliphatic carbocycles. The zero-order valence-corrected chi connectivity index (χ0v) is 9.65. The summed E-state index contributed by atoms with van der Waals surface area (Å²) in [6, 6.07) is 2.97. The zero-order chi connectivity index (χ0) is 13.3. The van der Waals surface area contributed by atoms with Crippen LogP contribution >= 0.6 is 0 Å². The number of nitrogens with two attached hydrogens (primary N) is 1. The third-order valence-corrected chi connectivity index (χ3v) is 2.61. The minimum Gasteiger partial charge on any atom is -0.397 e. The molecule has 0 aliphatic heterocycles. The first-order valence-electron chi connectivity index (χ1n) is 5.25. The van der Waals surface area contributed by atoms with Gasteiger partial charge in [-0.25, -0.2) is 13.8 Å². The summed E-state index contributed by atoms with van der Waals surface area (Å²) >= 11 is 0. The van der Waals surface area contributed by atoms with Crippen LogP contribution in [0.25, 0.3) is 10.9 Å². The molecule has 0 amide bonds. The average Bonchev–Trinajstić information content (AvgIpc) is 2.28. The zero-order valence-electron chi connectivity index (χ0n) is 9.65. The van der Waals surface area contributed by atoms with Crippen molar-refractivity contribution >= 4 is 22.3 Å². The molecule has 0 radical (unpaired) electrons. The van der Waals surface area contributed by atoms with E-state index in [4.69, 9.17) is 5.73 Å². The van der Waals surface area contributed by atoms with Gasteiger partial charge in [-0.05, 0) is 12.1 Å². The van der Waals surface area contributed by atoms with Crippen molar-refractivity contribution in [1.29, 1.82) is 0 Å². The molecule has 0 saturated carbocycles. The predicted octanol–water partition coefficient (Wildman–Crippen LogP) is 1.21. The number of rotatable bonds is 3. The molecule has 0 fully saturated rings. The van der Waals surface area contributed by atoms with Crippen molar-refractivity contribution < 1.29 is 8.78 Å². The van der Waals surface area contributed by atoms with Gasteiger partial charge in [-0.15, -0.1) is 0 Å². The molecule has 0 atom stereocenters. The maximum atomic E-state index is 12.3. The van der Waals surface area contributed by atoms with E-state index in [0.29, 0.717) is 16.6 Å². The van der Waals surface area contributed by atoms with Crippen molar-refractivity contribution in [2.24, 2.45) is 0 Å². The highest BCUT2D eigenvalue weighted by atomic mass is 19.3. The van der Waals surface area contributed by atoms with E-state index in [1.165, 1.54) is 30.4 Å². The molecule has 2 rings (SSSR count). The fraction of sp³-hybridized carbons (Fsp3) is 0.273. The molecule has 7 heteroatoms. The van der Waals surface area contributed by atoms with Gasteiger partial charge in [0, 0.05) is 7.05 Å². The molecule has 0 unspecified atom stereocenters. The summed E-state index contributed by atoms with van der Waals surface area (Å²) in [7, 11) is 1.51. The van der Waals surface area contributed by atoms with Crippen LogP contribution in [0.1, 0.15) is 0 Å². The molecule has 0 saturated heterocycles. The molecule has 0 spiro atoms. The number of nitrogen functional groups attached to an aromatic ring is 1. The molecule has 1 aromatic heterocycles. The number of H-pyrrole nitrogens is 1. The Morgan fingerprint density at radius 3 is 2.89 bits per heavy atom. The van der Waals surface area contributed by atoms with Gasteiger partial charge in [-0.1, -0.05) is 0 Å². The Morgan fingerprint density at radius 1 is 1.50 bits per heavy atom. The molecule has 0 bridgehead atoms. The number of nitrogens with one attached hydrogen (secondary N) is 1. The van der Waals surface area contributed by atoms with Gasteiger partial charge in [-0.2, -0.15) is 0 Å². The number of hydrogen-bond acceptors (Lipinski definition) is 4. The SMILES string of the molecule is CN(CC(F)F)c1cc2nc[nH]c(=O)c2cc1N. The van der Waals surface area contributed by atoms with E-state index in [1.807, 2.05) is 0 Å². The van der Waals surface area contributed by atoms with E-state index in [9.17, 15) is 13.6 Å². The Bertz CT molecular complexity index is 626. The Kier molecular flexibility index (Phi) is 3.14. The molecule has 1 aromatic carbocycles. The fourth-order valence-corrected chi connectivity index (χ4v) is 1.76. The number of anilines is 2. The first-order chi connectivity index (χ1) is 8.49. The lowest BCUT2D eigenvalue weighted by atomic mass is 10.2. The van der Waals surface area contributed by atoms with Gasteiger partial charge in [0.15, 0.2) is 0 Å². The van der Waals surface area contributed by atoms with Crippen LogP contribution in [0.5, 0.6) is 0 Å². The lowest BCUT2D eigenvalue weighted by Gasteiger charge is -2.20. The van der Waals surface area contributed by atoms with E-state index >= 15 is 0 Å². The molecule has 5 nitrogen and oxygen atoms in total. The van der Waals surface area contributed by atoms with Gasteiger partial charge in [0.2, 0.25) is 0 Å². The number of benzene rings is 1. The summed E-state index contributed by atoms with van der Waals surface area (Å²) < 4.78 is 24.7. The molecule has 3 N–H and O–H groups in total. The molecule has 2 aromatic rings. The fourth-order valence-electron chi connectivity index (χ4n) is 1.76. The quantitative estimate of drug-likeness (QED) is 0.807. The number of hydrogen-bond donors (Lipinski definition) is 2. The van der Waals surface area contributed by atoms with Crippen molar-refractivity contribution in [3.63, 3.8) is 0 Å². The summed E-state index contributed by atoms with van der Waals surface area (Å²) in [6.07, 6.45) is -1.20. The second-order valence-corrected chi connectivity index (χ2v) is 3.93. The summed E-state index contributed by atoms with van der Waals surface area (Å²) in [5.41, 5.74) is 6.57. The van der Waals surface area contributed by atoms with Gasteiger partial charge in [0.05, 0.1) is 35.1 Å². The third kappa shape index (κ3) is 2.24. The van der Waals surface area contributed by atoms with Crippen LogP contribution in [0.15, 0.2) is 23.3 Å². The first-order valence-corrected chi connectivity index (χ1v) is 5.25. The number of aromatic amines is 1. The van der Waals surface area contributed by atoms with Gasteiger partial charge in [0.25, 0.3) is 12.0 Å². The Morgan fingerprint density at radius 2 is 2.22 bits per heavy atom. The second-order valence-electron chi connectivity index (χ2n) is 3.93. The average molecular weight is 254 g/mol. The Labute approximate surface area is 101 Å². The van der Waals surface area contributed by atoms with Crippen LogP contribution in [0.2, 0.25) is 0 Å². The Hall–Kier alpha value is -2.18. The van der Waals surface area contributed by atoms with Crippen molar-refractivity contribution in [1.82, 2.24) is 9.97 Å². The van der Waals surface area contributed by atoms with E-state index in [-0.39, 0.29) is 11.2 Å². The van der Waals surface area contributed by atoms with Crippen LogP contribution in [0, 0.1) is 0 Å². The van der Waals surface area contributed by atoms with Crippen molar-refractivity contribution in [2.45, 2.75) is 6.43 Å². The molecule has 18 heavy (non-hydrogen) atoms. The lowest BCUT2D eigenvalue weighted by Crippen LogP contribution is -2.25. The van der Waals surface area contributed by atoms with Crippen molar-refractivity contribution in [3.8, 4) is 0 Å². The normalized spacial score (nSPS) is 11.1. The number of alkyl halides is 2. The van der Waals surface area contributed by atoms with Crippen LogP contribution in [0.4, 0.5) is 20.2 Å². The van der Waals surface area contributed by atoms with Gasteiger partial charge in [-0.3, -0.25) is 4.79 Å². The maximum absolute atomic E-state index is 12.3. The number of nitrogens with zero attached hydrogens (tertiary/aromatic N) is 2. The van der Waals surface area contributed by atoms with E-state index in [2.05, 4.69) is 9.97 Å². The Balaban J connectivity index is 2.53. The molecular weight excluding hydrogens is 242 g/mol. The minimum absolute atomic E-state index is 0.268. The van der Waals surface area contributed by atoms with Crippen LogP contribution in [0.3, 0.4) is 0 Å². The number of aromatic nitrogens is 2. The summed E-state index contributed by atoms with van der Waals surface area (Å²) in [5.74, 6) is 0. The topological polar surface area (TPSA) is 75.0 Å². The van der Waals surface area contributed by atoms with Crippen LogP contribution in [-0.4, -0.2) is 30.0 Å². The van der Waals surface area contributed by atoms with E-state index in [1.54, 1.807) is 0 Å². The highest BCUT2D eigenvalue weighted by Crippen LogP contribution is 2.26. The van der Waals surface area contributed by atoms with Gasteiger partial charge in [0.1, 0.15) is 0 Å². The number of fused-ring (bicyclic) bond motifs is 1. The summed E-state index contributed by atoms with van der Waals surface area (Å²) in [4.78, 5) is 19.2. The van der Waals surface area contributed by atoms with Crippen molar-refractivity contribution in [3.05, 3.63) is 28.8 Å². The summed E-state index contributed by atoms with van der Waals surface area (Å²) in [5, 5.41) is 0.337. The maximum Gasteiger partial charge on any atom is 0.258 e. The van der Waals surface area contributed by atoms with E-state index < -0.39 is 13.0 Å². The first kappa shape index (κ1) is 12.3. The molecule has 0 aliphatic rings. The standard InChI is InChI=1S/C11H12F2N4O/c1-17(4-10(12)13)9-3-8-6(2-7(9)14)11(18)16-5-15-8/h2-3,5,10H,4,14H2,1H3,(H,15,16,18). The van der Waals surface area contributed by atoms with Gasteiger partial charge >= 0.3 is 0 Å². The second kappa shape index (κ2) is 4.59. The molecule has 96 valence electrons. The van der Waals surface area contributed by atoms with E-state index in [0.717, 1.165) is 0 Å². The largest absolute Gasteiger partial charge is 0.397 e. The predicted molar refractivity (Wildman–Crippen MR) is 66.1 cm³/mol. The molecule has 1 heterocycles. The third-order valence-electron chi connectivity index (χ3n) is 2.61. The number of halogens is 2. The van der Waals surface area contributed by atoms with Crippen molar-refractivity contribution in [2.75, 3.05) is 24.2 Å². The summed E-state index contributed by atoms with van der Waals surface area (Å²) in [6.45, 7) is -0.432. The highest BCUT2D eigenvalue weighted by molar-refractivity contribution is 5.88. The molecular formula is C11H12F2N4O. The smallest absolute Gasteiger partial charge is 0.258 e.